The standard InChI is InChI=1S/C16H19F2N4O3P/c1-2-14-20-13(8-19-4-3-5-26(23,24)25)16-15(22-14)9-6-10(17)11(18)7-12(9)21-16/h6-7,19,21H,2-5,8H2,1H3,(H2,23,24,25). The summed E-state index contributed by atoms with van der Waals surface area (Å²) in [7, 11) is -4.00. The summed E-state index contributed by atoms with van der Waals surface area (Å²) < 4.78 is 38.0. The third kappa shape index (κ3) is 4.07. The van der Waals surface area contributed by atoms with Gasteiger partial charge in [-0.25, -0.2) is 18.7 Å². The predicted molar refractivity (Wildman–Crippen MR) is 93.9 cm³/mol. The monoisotopic (exact) mass is 384 g/mol. The summed E-state index contributed by atoms with van der Waals surface area (Å²) in [5.74, 6) is -1.30. The van der Waals surface area contributed by atoms with Gasteiger partial charge in [0.15, 0.2) is 11.6 Å². The van der Waals surface area contributed by atoms with E-state index in [1.165, 1.54) is 0 Å². The Labute approximate surface area is 148 Å². The SMILES string of the molecule is CCc1nc(CNCCCP(=O)(O)O)c2[nH]c3cc(F)c(F)cc3c2n1. The van der Waals surface area contributed by atoms with Gasteiger partial charge in [0, 0.05) is 24.4 Å². The molecule has 0 fully saturated rings. The molecule has 7 nitrogen and oxygen atoms in total. The quantitative estimate of drug-likeness (QED) is 0.368. The molecule has 0 aliphatic rings. The maximum atomic E-state index is 13.6. The predicted octanol–water partition coefficient (Wildman–Crippen LogP) is 2.61. The molecule has 1 aromatic carbocycles. The fraction of sp³-hybridized carbons (Fsp3) is 0.375. The lowest BCUT2D eigenvalue weighted by atomic mass is 10.2. The number of aromatic nitrogens is 3. The molecule has 0 saturated heterocycles. The van der Waals surface area contributed by atoms with Crippen LogP contribution in [0.25, 0.3) is 21.9 Å². The van der Waals surface area contributed by atoms with E-state index in [4.69, 9.17) is 9.79 Å². The van der Waals surface area contributed by atoms with E-state index in [1.54, 1.807) is 0 Å². The molecule has 0 amide bonds. The van der Waals surface area contributed by atoms with Crippen molar-refractivity contribution < 1.29 is 23.1 Å². The molecule has 0 aliphatic heterocycles. The number of hydrogen-bond acceptors (Lipinski definition) is 4. The molecule has 0 saturated carbocycles. The van der Waals surface area contributed by atoms with Gasteiger partial charge in [0.05, 0.1) is 28.4 Å². The zero-order valence-corrected chi connectivity index (χ0v) is 15.0. The van der Waals surface area contributed by atoms with E-state index in [0.29, 0.717) is 59.4 Å². The highest BCUT2D eigenvalue weighted by Gasteiger charge is 2.16. The molecular formula is C16H19F2N4O3P. The first-order chi connectivity index (χ1) is 12.3. The average molecular weight is 384 g/mol. The highest BCUT2D eigenvalue weighted by atomic mass is 31.2. The van der Waals surface area contributed by atoms with E-state index in [2.05, 4.69) is 20.3 Å². The highest BCUT2D eigenvalue weighted by Crippen LogP contribution is 2.34. The maximum absolute atomic E-state index is 13.6. The van der Waals surface area contributed by atoms with Gasteiger partial charge in [-0.1, -0.05) is 6.92 Å². The zero-order chi connectivity index (χ0) is 18.9. The van der Waals surface area contributed by atoms with Gasteiger partial charge in [-0.3, -0.25) is 4.57 Å². The summed E-state index contributed by atoms with van der Waals surface area (Å²) in [5.41, 5.74) is 2.19. The average Bonchev–Trinajstić information content (AvgIpc) is 2.91. The minimum Gasteiger partial charge on any atom is -0.352 e. The Kier molecular flexibility index (Phi) is 5.34. The van der Waals surface area contributed by atoms with Crippen LogP contribution in [-0.4, -0.2) is 37.4 Å². The number of hydrogen-bond donors (Lipinski definition) is 4. The number of rotatable bonds is 7. The van der Waals surface area contributed by atoms with Gasteiger partial charge in [-0.05, 0) is 19.0 Å². The number of benzene rings is 1. The molecule has 0 aliphatic carbocycles. The first-order valence-corrected chi connectivity index (χ1v) is 9.99. The number of aromatic amines is 1. The van der Waals surface area contributed by atoms with Crippen molar-refractivity contribution in [2.45, 2.75) is 26.3 Å². The third-order valence-electron chi connectivity index (χ3n) is 4.02. The summed E-state index contributed by atoms with van der Waals surface area (Å²) in [6.07, 6.45) is 0.712. The van der Waals surface area contributed by atoms with E-state index in [9.17, 15) is 13.3 Å². The number of fused-ring (bicyclic) bond motifs is 3. The molecule has 0 radical (unpaired) electrons. The lowest BCUT2D eigenvalue weighted by molar-refractivity contribution is 0.371. The smallest absolute Gasteiger partial charge is 0.325 e. The van der Waals surface area contributed by atoms with Gasteiger partial charge in [0.25, 0.3) is 0 Å². The van der Waals surface area contributed by atoms with E-state index >= 15 is 0 Å². The Balaban J connectivity index is 1.90. The second kappa shape index (κ2) is 7.36. The lowest BCUT2D eigenvalue weighted by Crippen LogP contribution is -2.17. The molecule has 140 valence electrons. The first-order valence-electron chi connectivity index (χ1n) is 8.20. The molecule has 3 rings (SSSR count). The molecular weight excluding hydrogens is 365 g/mol. The van der Waals surface area contributed by atoms with Crippen LogP contribution in [0.2, 0.25) is 0 Å². The van der Waals surface area contributed by atoms with Gasteiger partial charge in [-0.15, -0.1) is 0 Å². The normalized spacial score (nSPS) is 12.3. The molecule has 0 unspecified atom stereocenters. The van der Waals surface area contributed by atoms with E-state index in [-0.39, 0.29) is 6.16 Å². The van der Waals surface area contributed by atoms with Crippen LogP contribution in [0.5, 0.6) is 0 Å². The van der Waals surface area contributed by atoms with Crippen molar-refractivity contribution in [1.82, 2.24) is 20.3 Å². The Bertz CT molecular complexity index is 1000. The van der Waals surface area contributed by atoms with Crippen molar-refractivity contribution in [3.05, 3.63) is 35.3 Å². The Morgan fingerprint density at radius 2 is 1.96 bits per heavy atom. The molecule has 0 spiro atoms. The van der Waals surface area contributed by atoms with Crippen LogP contribution in [0.3, 0.4) is 0 Å². The van der Waals surface area contributed by atoms with Crippen molar-refractivity contribution in [2.24, 2.45) is 0 Å². The number of H-pyrrole nitrogens is 1. The lowest BCUT2D eigenvalue weighted by Gasteiger charge is -2.08. The van der Waals surface area contributed by atoms with Crippen LogP contribution < -0.4 is 5.32 Å². The number of nitrogens with one attached hydrogen (secondary N) is 2. The van der Waals surface area contributed by atoms with Crippen LogP contribution in [0.1, 0.15) is 24.9 Å². The molecule has 26 heavy (non-hydrogen) atoms. The molecule has 0 bridgehead atoms. The minimum absolute atomic E-state index is 0.190. The van der Waals surface area contributed by atoms with Crippen LogP contribution in [0, 0.1) is 11.6 Å². The Morgan fingerprint density at radius 3 is 2.65 bits per heavy atom. The van der Waals surface area contributed by atoms with E-state index < -0.39 is 19.2 Å². The van der Waals surface area contributed by atoms with Crippen molar-refractivity contribution in [1.29, 1.82) is 0 Å². The zero-order valence-electron chi connectivity index (χ0n) is 14.1. The molecule has 2 aromatic heterocycles. The summed E-state index contributed by atoms with van der Waals surface area (Å²) in [6, 6.07) is 2.21. The number of nitrogens with zero attached hydrogens (tertiary/aromatic N) is 2. The molecule has 3 aromatic rings. The molecule has 10 heteroatoms. The largest absolute Gasteiger partial charge is 0.352 e. The first kappa shape index (κ1) is 18.8. The topological polar surface area (TPSA) is 111 Å². The molecule has 2 heterocycles. The van der Waals surface area contributed by atoms with Crippen LogP contribution in [-0.2, 0) is 17.5 Å². The number of halogens is 2. The Morgan fingerprint density at radius 1 is 1.23 bits per heavy atom. The van der Waals surface area contributed by atoms with Gasteiger partial charge >= 0.3 is 7.60 Å². The van der Waals surface area contributed by atoms with Gasteiger partial charge < -0.3 is 20.1 Å². The Hall–Kier alpha value is -1.93. The van der Waals surface area contributed by atoms with Crippen molar-refractivity contribution in [2.75, 3.05) is 12.7 Å². The van der Waals surface area contributed by atoms with Gasteiger partial charge in [-0.2, -0.15) is 0 Å². The maximum Gasteiger partial charge on any atom is 0.325 e. The highest BCUT2D eigenvalue weighted by molar-refractivity contribution is 7.51. The number of aryl methyl sites for hydroxylation is 1. The van der Waals surface area contributed by atoms with E-state index in [1.807, 2.05) is 6.92 Å². The minimum atomic E-state index is -4.00. The molecule has 0 atom stereocenters. The van der Waals surface area contributed by atoms with Crippen LogP contribution in [0.15, 0.2) is 12.1 Å². The fourth-order valence-electron chi connectivity index (χ4n) is 2.77. The summed E-state index contributed by atoms with van der Waals surface area (Å²) >= 11 is 0. The molecule has 4 N–H and O–H groups in total. The fourth-order valence-corrected chi connectivity index (χ4v) is 3.34. The summed E-state index contributed by atoms with van der Waals surface area (Å²) in [5, 5.41) is 3.57. The van der Waals surface area contributed by atoms with Crippen molar-refractivity contribution in [3.63, 3.8) is 0 Å². The van der Waals surface area contributed by atoms with Crippen LogP contribution in [0.4, 0.5) is 8.78 Å². The van der Waals surface area contributed by atoms with Crippen molar-refractivity contribution in [3.8, 4) is 0 Å². The third-order valence-corrected chi connectivity index (χ3v) is 4.92. The summed E-state index contributed by atoms with van der Waals surface area (Å²) in [6.45, 7) is 2.64. The van der Waals surface area contributed by atoms with E-state index in [0.717, 1.165) is 12.1 Å². The second-order valence-corrected chi connectivity index (χ2v) is 7.80. The second-order valence-electron chi connectivity index (χ2n) is 6.02. The van der Waals surface area contributed by atoms with Gasteiger partial charge in [0.1, 0.15) is 5.82 Å². The van der Waals surface area contributed by atoms with Crippen LogP contribution >= 0.6 is 7.60 Å². The summed E-state index contributed by atoms with van der Waals surface area (Å²) in [4.78, 5) is 29.7. The van der Waals surface area contributed by atoms with Gasteiger partial charge in [0.2, 0.25) is 0 Å². The van der Waals surface area contributed by atoms with Crippen molar-refractivity contribution >= 4 is 29.5 Å².